The van der Waals surface area contributed by atoms with E-state index < -0.39 is 12.3 Å². The summed E-state index contributed by atoms with van der Waals surface area (Å²) in [5, 5.41) is 10.3. The van der Waals surface area contributed by atoms with Gasteiger partial charge in [-0.25, -0.2) is 4.79 Å². The third-order valence-corrected chi connectivity index (χ3v) is 4.60. The third kappa shape index (κ3) is 4.08. The van der Waals surface area contributed by atoms with E-state index in [9.17, 15) is 23.1 Å². The molecule has 3 aromatic rings. The maximum atomic E-state index is 12.2. The van der Waals surface area contributed by atoms with Crippen molar-refractivity contribution >= 4 is 27.4 Å². The summed E-state index contributed by atoms with van der Waals surface area (Å²) in [5.41, 5.74) is 0.623. The summed E-state index contributed by atoms with van der Waals surface area (Å²) < 4.78 is 46.8. The van der Waals surface area contributed by atoms with Crippen LogP contribution in [0, 0.1) is 6.92 Å². The highest BCUT2D eigenvalue weighted by atomic mass is 32.1. The number of benzene rings is 2. The predicted octanol–water partition coefficient (Wildman–Crippen LogP) is 5.39. The highest BCUT2D eigenvalue weighted by Gasteiger charge is 2.30. The molecule has 8 heteroatoms. The molecule has 0 bridgehead atoms. The fourth-order valence-corrected chi connectivity index (χ4v) is 3.48. The van der Waals surface area contributed by atoms with E-state index in [2.05, 4.69) is 4.74 Å². The standard InChI is InChI=1S/C18H13F3O4S/c1-10-8-12-4-7-14(17(22)23)15(16(12)26-10)24-9-11-2-5-13(6-3-11)25-18(19,20)21/h2-8H,9H2,1H3,(H,22,23). The molecule has 0 atom stereocenters. The average molecular weight is 382 g/mol. The Bertz CT molecular complexity index is 945. The van der Waals surface area contributed by atoms with Crippen molar-refractivity contribution in [2.75, 3.05) is 0 Å². The molecular weight excluding hydrogens is 369 g/mol. The topological polar surface area (TPSA) is 55.8 Å². The van der Waals surface area contributed by atoms with Crippen LogP contribution < -0.4 is 9.47 Å². The van der Waals surface area contributed by atoms with Crippen LogP contribution in [0.4, 0.5) is 13.2 Å². The molecule has 0 aliphatic heterocycles. The molecule has 0 unspecified atom stereocenters. The smallest absolute Gasteiger partial charge is 0.486 e. The van der Waals surface area contributed by atoms with Gasteiger partial charge in [0.15, 0.2) is 5.75 Å². The van der Waals surface area contributed by atoms with Crippen LogP contribution in [-0.4, -0.2) is 17.4 Å². The lowest BCUT2D eigenvalue weighted by atomic mass is 10.1. The Balaban J connectivity index is 1.83. The van der Waals surface area contributed by atoms with E-state index in [4.69, 9.17) is 4.74 Å². The van der Waals surface area contributed by atoms with Crippen LogP contribution in [0.2, 0.25) is 0 Å². The number of halogens is 3. The van der Waals surface area contributed by atoms with E-state index in [1.807, 2.05) is 13.0 Å². The monoisotopic (exact) mass is 382 g/mol. The summed E-state index contributed by atoms with van der Waals surface area (Å²) in [5.74, 6) is -1.19. The maximum Gasteiger partial charge on any atom is 0.573 e. The molecule has 3 rings (SSSR count). The Hall–Kier alpha value is -2.74. The molecule has 0 fully saturated rings. The summed E-state index contributed by atoms with van der Waals surface area (Å²) >= 11 is 1.42. The number of ether oxygens (including phenoxy) is 2. The van der Waals surface area contributed by atoms with Crippen molar-refractivity contribution in [3.8, 4) is 11.5 Å². The van der Waals surface area contributed by atoms with Crippen molar-refractivity contribution in [3.63, 3.8) is 0 Å². The number of aryl methyl sites for hydroxylation is 1. The number of hydrogen-bond acceptors (Lipinski definition) is 4. The van der Waals surface area contributed by atoms with Crippen LogP contribution in [-0.2, 0) is 6.61 Å². The molecule has 0 aliphatic rings. The number of hydrogen-bond donors (Lipinski definition) is 1. The van der Waals surface area contributed by atoms with Gasteiger partial charge in [0.2, 0.25) is 0 Å². The first-order valence-corrected chi connectivity index (χ1v) is 8.28. The van der Waals surface area contributed by atoms with Gasteiger partial charge >= 0.3 is 12.3 Å². The first kappa shape index (κ1) is 18.1. The van der Waals surface area contributed by atoms with Gasteiger partial charge in [-0.05, 0) is 42.1 Å². The van der Waals surface area contributed by atoms with Crippen molar-refractivity contribution < 1.29 is 32.5 Å². The lowest BCUT2D eigenvalue weighted by molar-refractivity contribution is -0.274. The molecular formula is C18H13F3O4S. The molecule has 2 aromatic carbocycles. The molecule has 1 aromatic heterocycles. The Morgan fingerprint density at radius 1 is 1.15 bits per heavy atom. The normalized spacial score (nSPS) is 11.5. The number of carbonyl (C=O) groups is 1. The Kier molecular flexibility index (Phi) is 4.78. The Morgan fingerprint density at radius 3 is 2.46 bits per heavy atom. The minimum atomic E-state index is -4.75. The number of alkyl halides is 3. The highest BCUT2D eigenvalue weighted by Crippen LogP contribution is 2.37. The van der Waals surface area contributed by atoms with Crippen LogP contribution in [0.1, 0.15) is 20.8 Å². The first-order chi connectivity index (χ1) is 12.2. The number of aromatic carboxylic acids is 1. The summed E-state index contributed by atoms with van der Waals surface area (Å²) in [7, 11) is 0. The average Bonchev–Trinajstić information content (AvgIpc) is 2.92. The molecule has 0 radical (unpaired) electrons. The number of carboxylic acid groups (broad SMARTS) is 1. The molecule has 0 saturated carbocycles. The number of fused-ring (bicyclic) bond motifs is 1. The second-order valence-corrected chi connectivity index (χ2v) is 6.76. The maximum absolute atomic E-state index is 12.2. The fourth-order valence-electron chi connectivity index (χ4n) is 2.46. The van der Waals surface area contributed by atoms with Crippen LogP contribution in [0.3, 0.4) is 0 Å². The summed E-state index contributed by atoms with van der Waals surface area (Å²) in [6, 6.07) is 10.4. The first-order valence-electron chi connectivity index (χ1n) is 7.47. The summed E-state index contributed by atoms with van der Waals surface area (Å²) in [4.78, 5) is 12.5. The van der Waals surface area contributed by atoms with Crippen molar-refractivity contribution in [2.45, 2.75) is 19.9 Å². The van der Waals surface area contributed by atoms with E-state index in [-0.39, 0.29) is 23.7 Å². The van der Waals surface area contributed by atoms with Gasteiger partial charge in [0.1, 0.15) is 17.9 Å². The Labute approximate surface area is 150 Å². The lowest BCUT2D eigenvalue weighted by Gasteiger charge is -2.12. The van der Waals surface area contributed by atoms with E-state index in [0.29, 0.717) is 5.56 Å². The van der Waals surface area contributed by atoms with Crippen LogP contribution in [0.25, 0.3) is 10.1 Å². The van der Waals surface area contributed by atoms with E-state index in [1.54, 1.807) is 6.07 Å². The van der Waals surface area contributed by atoms with Gasteiger partial charge in [-0.2, -0.15) is 0 Å². The fraction of sp³-hybridized carbons (Fsp3) is 0.167. The van der Waals surface area contributed by atoms with Crippen LogP contribution in [0.5, 0.6) is 11.5 Å². The molecule has 1 heterocycles. The van der Waals surface area contributed by atoms with Gasteiger partial charge < -0.3 is 14.6 Å². The highest BCUT2D eigenvalue weighted by molar-refractivity contribution is 7.19. The quantitative estimate of drug-likeness (QED) is 0.643. The van der Waals surface area contributed by atoms with Crippen molar-refractivity contribution in [1.29, 1.82) is 0 Å². The molecule has 1 N–H and O–H groups in total. The SMILES string of the molecule is Cc1cc2ccc(C(=O)O)c(OCc3ccc(OC(F)(F)F)cc3)c2s1. The van der Waals surface area contributed by atoms with Gasteiger partial charge in [0.25, 0.3) is 0 Å². The second-order valence-electron chi connectivity index (χ2n) is 5.50. The van der Waals surface area contributed by atoms with Gasteiger partial charge in [-0.1, -0.05) is 18.2 Å². The molecule has 0 spiro atoms. The molecule has 4 nitrogen and oxygen atoms in total. The largest absolute Gasteiger partial charge is 0.573 e. The van der Waals surface area contributed by atoms with Gasteiger partial charge in [0.05, 0.1) is 4.70 Å². The van der Waals surface area contributed by atoms with Crippen LogP contribution in [0.15, 0.2) is 42.5 Å². The molecule has 0 amide bonds. The minimum Gasteiger partial charge on any atom is -0.486 e. The molecule has 0 saturated heterocycles. The van der Waals surface area contributed by atoms with E-state index >= 15 is 0 Å². The molecule has 136 valence electrons. The van der Waals surface area contributed by atoms with E-state index in [1.165, 1.54) is 41.7 Å². The number of rotatable bonds is 5. The summed E-state index contributed by atoms with van der Waals surface area (Å²) in [6.07, 6.45) is -4.75. The lowest BCUT2D eigenvalue weighted by Crippen LogP contribution is -2.17. The number of thiophene rings is 1. The van der Waals surface area contributed by atoms with Gasteiger partial charge in [0, 0.05) is 4.88 Å². The predicted molar refractivity (Wildman–Crippen MR) is 91.0 cm³/mol. The minimum absolute atomic E-state index is 0.0165. The number of carboxylic acids is 1. The zero-order valence-corrected chi connectivity index (χ0v) is 14.3. The molecule has 26 heavy (non-hydrogen) atoms. The molecule has 0 aliphatic carbocycles. The van der Waals surface area contributed by atoms with Crippen molar-refractivity contribution in [2.24, 2.45) is 0 Å². The third-order valence-electron chi connectivity index (χ3n) is 3.53. The Morgan fingerprint density at radius 2 is 1.85 bits per heavy atom. The summed E-state index contributed by atoms with van der Waals surface area (Å²) in [6.45, 7) is 1.93. The van der Waals surface area contributed by atoms with Crippen LogP contribution >= 0.6 is 11.3 Å². The van der Waals surface area contributed by atoms with Gasteiger partial charge in [-0.3, -0.25) is 0 Å². The zero-order chi connectivity index (χ0) is 18.9. The van der Waals surface area contributed by atoms with Crippen molar-refractivity contribution in [3.05, 3.63) is 58.5 Å². The van der Waals surface area contributed by atoms with Gasteiger partial charge in [-0.15, -0.1) is 24.5 Å². The second kappa shape index (κ2) is 6.87. The van der Waals surface area contributed by atoms with Crippen molar-refractivity contribution in [1.82, 2.24) is 0 Å². The zero-order valence-electron chi connectivity index (χ0n) is 13.5. The van der Waals surface area contributed by atoms with E-state index in [0.717, 1.165) is 15.0 Å².